The van der Waals surface area contributed by atoms with E-state index in [-0.39, 0.29) is 11.6 Å². The molecule has 0 aliphatic carbocycles. The average Bonchev–Trinajstić information content (AvgIpc) is 2.60. The normalized spacial score (nSPS) is 21.2. The fraction of sp³-hybridized carbons (Fsp3) is 0.500. The minimum atomic E-state index is 0.0759. The molecule has 0 radical (unpaired) electrons. The maximum Gasteiger partial charge on any atom is 0.208 e. The molecule has 3 nitrogen and oxygen atoms in total. The van der Waals surface area contributed by atoms with Crippen molar-refractivity contribution in [2.24, 2.45) is 10.4 Å². The smallest absolute Gasteiger partial charge is 0.208 e. The van der Waals surface area contributed by atoms with E-state index in [2.05, 4.69) is 37.9 Å². The standard InChI is InChI=1S/C14H20N2O/c1-11-15-13(14(2,3)4)16(17-11)10-12-8-6-5-7-9-12/h5-9,13H,10H2,1-4H3. The van der Waals surface area contributed by atoms with Crippen LogP contribution in [0.2, 0.25) is 0 Å². The average molecular weight is 232 g/mol. The summed E-state index contributed by atoms with van der Waals surface area (Å²) in [6.07, 6.45) is 0.0858. The van der Waals surface area contributed by atoms with E-state index in [0.29, 0.717) is 0 Å². The summed E-state index contributed by atoms with van der Waals surface area (Å²) in [6.45, 7) is 9.22. The van der Waals surface area contributed by atoms with Gasteiger partial charge in [0.25, 0.3) is 0 Å². The Morgan fingerprint density at radius 1 is 1.24 bits per heavy atom. The molecule has 0 amide bonds. The molecule has 2 rings (SSSR count). The number of nitrogens with zero attached hydrogens (tertiary/aromatic N) is 2. The van der Waals surface area contributed by atoms with Gasteiger partial charge in [-0.3, -0.25) is 0 Å². The lowest BCUT2D eigenvalue weighted by atomic mass is 9.92. The summed E-state index contributed by atoms with van der Waals surface area (Å²) in [5.74, 6) is 0.751. The first kappa shape index (κ1) is 12.1. The minimum Gasteiger partial charge on any atom is -0.389 e. The van der Waals surface area contributed by atoms with Gasteiger partial charge in [-0.25, -0.2) is 4.99 Å². The van der Waals surface area contributed by atoms with E-state index in [0.717, 1.165) is 12.4 Å². The molecule has 3 heteroatoms. The van der Waals surface area contributed by atoms with Crippen molar-refractivity contribution in [1.29, 1.82) is 0 Å². The zero-order valence-electron chi connectivity index (χ0n) is 11.0. The summed E-state index contributed by atoms with van der Waals surface area (Å²) < 4.78 is 0. The molecular formula is C14H20N2O. The van der Waals surface area contributed by atoms with Crippen molar-refractivity contribution >= 4 is 5.90 Å². The van der Waals surface area contributed by atoms with Crippen LogP contribution in [-0.2, 0) is 11.4 Å². The molecule has 0 saturated carbocycles. The molecule has 0 aromatic heterocycles. The highest BCUT2D eigenvalue weighted by Crippen LogP contribution is 2.30. The highest BCUT2D eigenvalue weighted by molar-refractivity contribution is 5.74. The summed E-state index contributed by atoms with van der Waals surface area (Å²) in [5.41, 5.74) is 1.32. The zero-order valence-corrected chi connectivity index (χ0v) is 11.0. The van der Waals surface area contributed by atoms with Crippen molar-refractivity contribution in [3.63, 3.8) is 0 Å². The topological polar surface area (TPSA) is 24.8 Å². The van der Waals surface area contributed by atoms with Gasteiger partial charge >= 0.3 is 0 Å². The molecule has 1 aromatic rings. The molecule has 0 saturated heterocycles. The maximum atomic E-state index is 5.69. The maximum absolute atomic E-state index is 5.69. The van der Waals surface area contributed by atoms with Crippen LogP contribution in [-0.4, -0.2) is 17.1 Å². The SMILES string of the molecule is CC1=NC(C(C)(C)C)N(Cc2ccccc2)O1. The summed E-state index contributed by atoms with van der Waals surface area (Å²) >= 11 is 0. The van der Waals surface area contributed by atoms with Crippen molar-refractivity contribution in [2.45, 2.75) is 40.4 Å². The van der Waals surface area contributed by atoms with Crippen LogP contribution in [0.1, 0.15) is 33.3 Å². The quantitative estimate of drug-likeness (QED) is 0.782. The van der Waals surface area contributed by atoms with Crippen molar-refractivity contribution in [3.8, 4) is 0 Å². The Morgan fingerprint density at radius 2 is 1.88 bits per heavy atom. The number of rotatable bonds is 2. The number of hydroxylamine groups is 2. The number of aliphatic imine (C=N–C) groups is 1. The van der Waals surface area contributed by atoms with Gasteiger partial charge in [-0.15, -0.1) is 5.06 Å². The monoisotopic (exact) mass is 232 g/mol. The molecule has 1 aliphatic heterocycles. The second-order valence-corrected chi connectivity index (χ2v) is 5.54. The van der Waals surface area contributed by atoms with Crippen LogP contribution in [0, 0.1) is 5.41 Å². The van der Waals surface area contributed by atoms with Gasteiger partial charge in [0.05, 0.1) is 6.54 Å². The second-order valence-electron chi connectivity index (χ2n) is 5.54. The van der Waals surface area contributed by atoms with Gasteiger partial charge in [0.2, 0.25) is 5.90 Å². The van der Waals surface area contributed by atoms with Crippen LogP contribution in [0.25, 0.3) is 0 Å². The lowest BCUT2D eigenvalue weighted by Crippen LogP contribution is -2.38. The van der Waals surface area contributed by atoms with Crippen molar-refractivity contribution in [1.82, 2.24) is 5.06 Å². The number of hydrogen-bond acceptors (Lipinski definition) is 3. The molecule has 0 bridgehead atoms. The third-order valence-corrected chi connectivity index (χ3v) is 2.78. The van der Waals surface area contributed by atoms with Gasteiger partial charge in [-0.05, 0) is 5.56 Å². The second kappa shape index (κ2) is 4.49. The van der Waals surface area contributed by atoms with Gasteiger partial charge < -0.3 is 4.84 Å². The van der Waals surface area contributed by atoms with Crippen LogP contribution >= 0.6 is 0 Å². The van der Waals surface area contributed by atoms with E-state index < -0.39 is 0 Å². The highest BCUT2D eigenvalue weighted by Gasteiger charge is 2.36. The van der Waals surface area contributed by atoms with Gasteiger partial charge in [0.15, 0.2) is 0 Å². The zero-order chi connectivity index (χ0) is 12.5. The van der Waals surface area contributed by atoms with Crippen molar-refractivity contribution in [3.05, 3.63) is 35.9 Å². The highest BCUT2D eigenvalue weighted by atomic mass is 16.7. The van der Waals surface area contributed by atoms with E-state index >= 15 is 0 Å². The molecule has 0 spiro atoms. The van der Waals surface area contributed by atoms with E-state index in [1.54, 1.807) is 0 Å². The molecule has 92 valence electrons. The Kier molecular flexibility index (Phi) is 3.20. The lowest BCUT2D eigenvalue weighted by molar-refractivity contribution is -0.119. The van der Waals surface area contributed by atoms with Crippen LogP contribution in [0.5, 0.6) is 0 Å². The van der Waals surface area contributed by atoms with Crippen molar-refractivity contribution in [2.75, 3.05) is 0 Å². The molecule has 1 aliphatic rings. The molecule has 0 fully saturated rings. The van der Waals surface area contributed by atoms with Gasteiger partial charge in [0.1, 0.15) is 6.17 Å². The Labute approximate surface area is 103 Å². The molecule has 1 heterocycles. The van der Waals surface area contributed by atoms with E-state index in [1.165, 1.54) is 5.56 Å². The Morgan fingerprint density at radius 3 is 2.47 bits per heavy atom. The van der Waals surface area contributed by atoms with Crippen LogP contribution in [0.15, 0.2) is 35.3 Å². The van der Waals surface area contributed by atoms with Crippen molar-refractivity contribution < 1.29 is 4.84 Å². The Hall–Kier alpha value is -1.35. The summed E-state index contributed by atoms with van der Waals surface area (Å²) in [7, 11) is 0. The first-order valence-electron chi connectivity index (χ1n) is 6.00. The number of benzene rings is 1. The first-order chi connectivity index (χ1) is 7.97. The van der Waals surface area contributed by atoms with Crippen LogP contribution in [0.3, 0.4) is 0 Å². The fourth-order valence-corrected chi connectivity index (χ4v) is 1.99. The number of hydrogen-bond donors (Lipinski definition) is 0. The van der Waals surface area contributed by atoms with Gasteiger partial charge in [0, 0.05) is 12.3 Å². The fourth-order valence-electron chi connectivity index (χ4n) is 1.99. The predicted molar refractivity (Wildman–Crippen MR) is 69.4 cm³/mol. The third kappa shape index (κ3) is 2.86. The molecule has 1 aromatic carbocycles. The minimum absolute atomic E-state index is 0.0759. The molecule has 17 heavy (non-hydrogen) atoms. The van der Waals surface area contributed by atoms with Crippen LogP contribution < -0.4 is 0 Å². The lowest BCUT2D eigenvalue weighted by Gasteiger charge is -2.30. The Balaban J connectivity index is 2.12. The third-order valence-electron chi connectivity index (χ3n) is 2.78. The molecule has 1 unspecified atom stereocenters. The molecular weight excluding hydrogens is 212 g/mol. The van der Waals surface area contributed by atoms with Gasteiger partial charge in [-0.2, -0.15) is 0 Å². The summed E-state index contributed by atoms with van der Waals surface area (Å²) in [4.78, 5) is 10.2. The van der Waals surface area contributed by atoms with Gasteiger partial charge in [-0.1, -0.05) is 51.1 Å². The van der Waals surface area contributed by atoms with Crippen LogP contribution in [0.4, 0.5) is 0 Å². The Bertz CT molecular complexity index is 406. The molecule has 1 atom stereocenters. The first-order valence-corrected chi connectivity index (χ1v) is 6.00. The summed E-state index contributed by atoms with van der Waals surface area (Å²) in [6, 6.07) is 10.3. The summed E-state index contributed by atoms with van der Waals surface area (Å²) in [5, 5.41) is 1.96. The van der Waals surface area contributed by atoms with E-state index in [4.69, 9.17) is 4.84 Å². The predicted octanol–water partition coefficient (Wildman–Crippen LogP) is 3.22. The molecule has 0 N–H and O–H groups in total. The largest absolute Gasteiger partial charge is 0.389 e. The van der Waals surface area contributed by atoms with E-state index in [9.17, 15) is 0 Å². The van der Waals surface area contributed by atoms with E-state index in [1.807, 2.05) is 30.2 Å².